The number of benzene rings is 1. The van der Waals surface area contributed by atoms with Crippen molar-refractivity contribution in [2.24, 2.45) is 0 Å². The SMILES string of the molecule is CC#CCCC(NCC)c1ccc(F)cc1Br. The first-order chi connectivity index (χ1) is 8.19. The molecular weight excluding hydrogens is 281 g/mol. The van der Waals surface area contributed by atoms with Crippen LogP contribution in [-0.2, 0) is 0 Å². The van der Waals surface area contributed by atoms with E-state index in [1.54, 1.807) is 0 Å². The van der Waals surface area contributed by atoms with E-state index in [1.807, 2.05) is 13.0 Å². The molecule has 1 aromatic carbocycles. The molecule has 1 aromatic rings. The first-order valence-corrected chi connectivity index (χ1v) is 6.56. The van der Waals surface area contributed by atoms with Crippen molar-refractivity contribution in [1.82, 2.24) is 5.32 Å². The summed E-state index contributed by atoms with van der Waals surface area (Å²) in [6.45, 7) is 4.79. The van der Waals surface area contributed by atoms with Crippen LogP contribution in [0.15, 0.2) is 22.7 Å². The van der Waals surface area contributed by atoms with Crippen LogP contribution in [0.5, 0.6) is 0 Å². The second kappa shape index (κ2) is 7.47. The Morgan fingerprint density at radius 2 is 2.24 bits per heavy atom. The molecule has 0 saturated carbocycles. The first-order valence-electron chi connectivity index (χ1n) is 5.77. The zero-order chi connectivity index (χ0) is 12.7. The minimum Gasteiger partial charge on any atom is -0.310 e. The van der Waals surface area contributed by atoms with Crippen molar-refractivity contribution in [3.05, 3.63) is 34.1 Å². The van der Waals surface area contributed by atoms with Crippen molar-refractivity contribution in [2.45, 2.75) is 32.7 Å². The lowest BCUT2D eigenvalue weighted by molar-refractivity contribution is 0.519. The van der Waals surface area contributed by atoms with Gasteiger partial charge in [0, 0.05) is 16.9 Å². The lowest BCUT2D eigenvalue weighted by Crippen LogP contribution is -2.21. The van der Waals surface area contributed by atoms with Crippen LogP contribution in [0, 0.1) is 17.7 Å². The fourth-order valence-corrected chi connectivity index (χ4v) is 2.37. The van der Waals surface area contributed by atoms with E-state index in [1.165, 1.54) is 12.1 Å². The van der Waals surface area contributed by atoms with Crippen molar-refractivity contribution in [3.8, 4) is 11.8 Å². The average Bonchev–Trinajstić information content (AvgIpc) is 2.28. The lowest BCUT2D eigenvalue weighted by atomic mass is 10.0. The normalized spacial score (nSPS) is 11.8. The highest BCUT2D eigenvalue weighted by Crippen LogP contribution is 2.27. The Hall–Kier alpha value is -0.850. The molecule has 0 aliphatic heterocycles. The van der Waals surface area contributed by atoms with Gasteiger partial charge in [-0.15, -0.1) is 11.8 Å². The molecule has 1 nitrogen and oxygen atoms in total. The van der Waals surface area contributed by atoms with Crippen molar-refractivity contribution in [3.63, 3.8) is 0 Å². The first kappa shape index (κ1) is 14.2. The van der Waals surface area contributed by atoms with Gasteiger partial charge < -0.3 is 5.32 Å². The monoisotopic (exact) mass is 297 g/mol. The highest BCUT2D eigenvalue weighted by atomic mass is 79.9. The van der Waals surface area contributed by atoms with Gasteiger partial charge in [-0.2, -0.15) is 0 Å². The van der Waals surface area contributed by atoms with Crippen molar-refractivity contribution < 1.29 is 4.39 Å². The van der Waals surface area contributed by atoms with Gasteiger partial charge in [-0.1, -0.05) is 28.9 Å². The van der Waals surface area contributed by atoms with Crippen molar-refractivity contribution >= 4 is 15.9 Å². The van der Waals surface area contributed by atoms with Gasteiger partial charge in [-0.25, -0.2) is 4.39 Å². The second-order valence-corrected chi connectivity index (χ2v) is 4.60. The maximum Gasteiger partial charge on any atom is 0.124 e. The largest absolute Gasteiger partial charge is 0.310 e. The number of nitrogens with one attached hydrogen (secondary N) is 1. The summed E-state index contributed by atoms with van der Waals surface area (Å²) >= 11 is 3.41. The molecule has 3 heteroatoms. The number of rotatable bonds is 5. The zero-order valence-corrected chi connectivity index (χ0v) is 11.8. The average molecular weight is 298 g/mol. The molecule has 0 fully saturated rings. The molecule has 0 aliphatic rings. The van der Waals surface area contributed by atoms with Crippen LogP contribution in [0.3, 0.4) is 0 Å². The molecule has 0 heterocycles. The Balaban J connectivity index is 2.83. The number of hydrogen-bond acceptors (Lipinski definition) is 1. The topological polar surface area (TPSA) is 12.0 Å². The van der Waals surface area contributed by atoms with Gasteiger partial charge in [0.15, 0.2) is 0 Å². The maximum absolute atomic E-state index is 13.0. The summed E-state index contributed by atoms with van der Waals surface area (Å²) in [5.74, 6) is 5.73. The van der Waals surface area contributed by atoms with E-state index >= 15 is 0 Å². The molecule has 1 N–H and O–H groups in total. The van der Waals surface area contributed by atoms with E-state index in [4.69, 9.17) is 0 Å². The Labute approximate surface area is 111 Å². The minimum absolute atomic E-state index is 0.218. The van der Waals surface area contributed by atoms with Crippen LogP contribution in [0.4, 0.5) is 4.39 Å². The minimum atomic E-state index is -0.218. The van der Waals surface area contributed by atoms with Crippen LogP contribution >= 0.6 is 15.9 Å². The molecule has 0 amide bonds. The summed E-state index contributed by atoms with van der Waals surface area (Å²) in [6.07, 6.45) is 1.77. The van der Waals surface area contributed by atoms with Gasteiger partial charge >= 0.3 is 0 Å². The van der Waals surface area contributed by atoms with E-state index in [0.717, 1.165) is 29.4 Å². The Morgan fingerprint density at radius 1 is 1.47 bits per heavy atom. The Morgan fingerprint density at radius 3 is 2.82 bits per heavy atom. The smallest absolute Gasteiger partial charge is 0.124 e. The van der Waals surface area contributed by atoms with Crippen molar-refractivity contribution in [1.29, 1.82) is 0 Å². The van der Waals surface area contributed by atoms with E-state index in [0.29, 0.717) is 0 Å². The molecule has 0 radical (unpaired) electrons. The molecule has 1 atom stereocenters. The van der Waals surface area contributed by atoms with Gasteiger partial charge in [0.2, 0.25) is 0 Å². The van der Waals surface area contributed by atoms with Gasteiger partial charge in [-0.3, -0.25) is 0 Å². The summed E-state index contributed by atoms with van der Waals surface area (Å²) in [5, 5.41) is 3.40. The summed E-state index contributed by atoms with van der Waals surface area (Å²) < 4.78 is 13.8. The molecule has 0 bridgehead atoms. The highest BCUT2D eigenvalue weighted by molar-refractivity contribution is 9.10. The third-order valence-electron chi connectivity index (χ3n) is 2.52. The van der Waals surface area contributed by atoms with Gasteiger partial charge in [-0.05, 0) is 37.6 Å². The summed E-state index contributed by atoms with van der Waals surface area (Å²) in [6, 6.07) is 5.04. The number of hydrogen-bond donors (Lipinski definition) is 1. The van der Waals surface area contributed by atoms with Crippen LogP contribution < -0.4 is 5.32 Å². The van der Waals surface area contributed by atoms with E-state index < -0.39 is 0 Å². The van der Waals surface area contributed by atoms with E-state index in [9.17, 15) is 4.39 Å². The second-order valence-electron chi connectivity index (χ2n) is 3.74. The molecule has 0 saturated heterocycles. The van der Waals surface area contributed by atoms with Crippen LogP contribution in [0.2, 0.25) is 0 Å². The van der Waals surface area contributed by atoms with Crippen LogP contribution in [0.25, 0.3) is 0 Å². The van der Waals surface area contributed by atoms with Gasteiger partial charge in [0.05, 0.1) is 0 Å². The zero-order valence-electron chi connectivity index (χ0n) is 10.2. The predicted octanol–water partition coefficient (Wildman–Crippen LogP) is 4.04. The predicted molar refractivity (Wildman–Crippen MR) is 73.2 cm³/mol. The molecule has 92 valence electrons. The molecule has 0 aliphatic carbocycles. The van der Waals surface area contributed by atoms with Crippen LogP contribution in [0.1, 0.15) is 38.3 Å². The van der Waals surface area contributed by atoms with E-state index in [-0.39, 0.29) is 11.9 Å². The molecule has 1 unspecified atom stereocenters. The third-order valence-corrected chi connectivity index (χ3v) is 3.21. The fraction of sp³-hybridized carbons (Fsp3) is 0.429. The van der Waals surface area contributed by atoms with Crippen LogP contribution in [-0.4, -0.2) is 6.54 Å². The summed E-state index contributed by atoms with van der Waals surface area (Å²) in [5.41, 5.74) is 1.09. The molecule has 17 heavy (non-hydrogen) atoms. The molecule has 0 aromatic heterocycles. The maximum atomic E-state index is 13.0. The standard InChI is InChI=1S/C14H17BrFN/c1-3-5-6-7-14(17-4-2)12-9-8-11(16)10-13(12)15/h8-10,14,17H,4,6-7H2,1-2H3. The molecule has 1 rings (SSSR count). The molecule has 0 spiro atoms. The quantitative estimate of drug-likeness (QED) is 0.809. The highest BCUT2D eigenvalue weighted by Gasteiger charge is 2.13. The third kappa shape index (κ3) is 4.49. The fourth-order valence-electron chi connectivity index (χ4n) is 1.74. The lowest BCUT2D eigenvalue weighted by Gasteiger charge is -2.18. The van der Waals surface area contributed by atoms with Gasteiger partial charge in [0.25, 0.3) is 0 Å². The Bertz CT molecular complexity index is 420. The molecular formula is C14H17BrFN. The number of halogens is 2. The van der Waals surface area contributed by atoms with E-state index in [2.05, 4.69) is 40.0 Å². The van der Waals surface area contributed by atoms with Gasteiger partial charge in [0.1, 0.15) is 5.82 Å². The van der Waals surface area contributed by atoms with Crippen molar-refractivity contribution in [2.75, 3.05) is 6.54 Å². The Kier molecular flexibility index (Phi) is 6.25. The summed E-state index contributed by atoms with van der Waals surface area (Å²) in [4.78, 5) is 0. The summed E-state index contributed by atoms with van der Waals surface area (Å²) in [7, 11) is 0.